The van der Waals surface area contributed by atoms with Gasteiger partial charge >= 0.3 is 12.1 Å². The van der Waals surface area contributed by atoms with Crippen LogP contribution in [0.1, 0.15) is 15.9 Å². The Morgan fingerprint density at radius 2 is 2.04 bits per heavy atom. The van der Waals surface area contributed by atoms with E-state index in [4.69, 9.17) is 19.9 Å². The van der Waals surface area contributed by atoms with E-state index in [1.54, 1.807) is 12.0 Å². The molecule has 1 saturated heterocycles. The van der Waals surface area contributed by atoms with Crippen LogP contribution in [-0.4, -0.2) is 55.4 Å². The maximum atomic E-state index is 12.1. The van der Waals surface area contributed by atoms with E-state index in [-0.39, 0.29) is 23.6 Å². The molecular formula is C19H21N3O6. The van der Waals surface area contributed by atoms with Crippen LogP contribution in [0.4, 0.5) is 10.5 Å². The van der Waals surface area contributed by atoms with Crippen LogP contribution >= 0.6 is 0 Å². The fraction of sp³-hybridized carbons (Fsp3) is 0.316. The highest BCUT2D eigenvalue weighted by molar-refractivity contribution is 5.95. The van der Waals surface area contributed by atoms with Gasteiger partial charge in [-0.1, -0.05) is 12.1 Å². The molecule has 1 atom stereocenters. The number of hydrogen-bond acceptors (Lipinski definition) is 8. The lowest BCUT2D eigenvalue weighted by molar-refractivity contribution is 0.0601. The minimum atomic E-state index is -0.603. The Morgan fingerprint density at radius 1 is 1.29 bits per heavy atom. The summed E-state index contributed by atoms with van der Waals surface area (Å²) in [4.78, 5) is 29.3. The molecule has 0 radical (unpaired) electrons. The number of carbonyl (C=O) groups excluding carboxylic acids is 2. The first-order valence-corrected chi connectivity index (χ1v) is 8.55. The van der Waals surface area contributed by atoms with Crippen molar-refractivity contribution in [1.29, 1.82) is 0 Å². The quantitative estimate of drug-likeness (QED) is 0.716. The van der Waals surface area contributed by atoms with Crippen molar-refractivity contribution >= 4 is 17.7 Å². The fourth-order valence-electron chi connectivity index (χ4n) is 2.76. The number of methoxy groups -OCH3 is 2. The number of nitrogen functional groups attached to an aromatic ring is 1. The Kier molecular flexibility index (Phi) is 5.83. The number of benzene rings is 1. The molecule has 1 aliphatic heterocycles. The molecule has 1 amide bonds. The molecule has 0 spiro atoms. The van der Waals surface area contributed by atoms with Crippen molar-refractivity contribution in [2.24, 2.45) is 0 Å². The van der Waals surface area contributed by atoms with Gasteiger partial charge in [-0.3, -0.25) is 4.98 Å². The first-order chi connectivity index (χ1) is 13.5. The Balaban J connectivity index is 1.58. The van der Waals surface area contributed by atoms with Gasteiger partial charge in [0.25, 0.3) is 0 Å². The van der Waals surface area contributed by atoms with Crippen LogP contribution in [0, 0.1) is 0 Å². The number of cyclic esters (lactones) is 1. The maximum Gasteiger partial charge on any atom is 0.410 e. The lowest BCUT2D eigenvalue weighted by Crippen LogP contribution is -2.26. The van der Waals surface area contributed by atoms with Crippen LogP contribution in [-0.2, 0) is 16.0 Å². The van der Waals surface area contributed by atoms with E-state index >= 15 is 0 Å². The second-order valence-corrected chi connectivity index (χ2v) is 6.14. The van der Waals surface area contributed by atoms with Crippen LogP contribution in [0.15, 0.2) is 36.7 Å². The first kappa shape index (κ1) is 19.3. The van der Waals surface area contributed by atoms with Gasteiger partial charge in [-0.05, 0) is 17.7 Å². The summed E-state index contributed by atoms with van der Waals surface area (Å²) in [7, 11) is 2.85. The number of hydrogen-bond donors (Lipinski definition) is 1. The summed E-state index contributed by atoms with van der Waals surface area (Å²) in [5.41, 5.74) is 7.13. The number of nitrogens with two attached hydrogens (primary N) is 1. The number of esters is 1. The maximum absolute atomic E-state index is 12.1. The van der Waals surface area contributed by atoms with E-state index in [0.717, 1.165) is 11.3 Å². The first-order valence-electron chi connectivity index (χ1n) is 8.55. The van der Waals surface area contributed by atoms with Crippen molar-refractivity contribution in [2.75, 3.05) is 33.1 Å². The molecule has 2 aromatic rings. The lowest BCUT2D eigenvalue weighted by Gasteiger charge is -2.14. The lowest BCUT2D eigenvalue weighted by atomic mass is 10.2. The zero-order valence-corrected chi connectivity index (χ0v) is 15.6. The molecule has 3 rings (SSSR count). The van der Waals surface area contributed by atoms with Gasteiger partial charge in [-0.2, -0.15) is 0 Å². The van der Waals surface area contributed by atoms with E-state index < -0.39 is 18.2 Å². The highest BCUT2D eigenvalue weighted by Gasteiger charge is 2.32. The Hall–Kier alpha value is -3.49. The third-order valence-corrected chi connectivity index (χ3v) is 4.26. The van der Waals surface area contributed by atoms with Crippen molar-refractivity contribution in [2.45, 2.75) is 12.6 Å². The predicted molar refractivity (Wildman–Crippen MR) is 99.2 cm³/mol. The minimum Gasteiger partial charge on any atom is -0.497 e. The van der Waals surface area contributed by atoms with Gasteiger partial charge in [0, 0.05) is 12.7 Å². The number of anilines is 1. The van der Waals surface area contributed by atoms with E-state index in [1.165, 1.54) is 19.5 Å². The zero-order chi connectivity index (χ0) is 20.1. The smallest absolute Gasteiger partial charge is 0.410 e. The molecule has 9 heteroatoms. The SMILES string of the molecule is COC(=O)c1cncc(OCC2CN(Cc3ccc(OC)cc3)C(=O)O2)c1N. The predicted octanol–water partition coefficient (Wildman–Crippen LogP) is 1.86. The Bertz CT molecular complexity index is 855. The Labute approximate surface area is 161 Å². The summed E-state index contributed by atoms with van der Waals surface area (Å²) in [5, 5.41) is 0. The van der Waals surface area contributed by atoms with E-state index in [1.807, 2.05) is 24.3 Å². The minimum absolute atomic E-state index is 0.0847. The molecule has 9 nitrogen and oxygen atoms in total. The van der Waals surface area contributed by atoms with Gasteiger partial charge in [0.05, 0.1) is 32.6 Å². The van der Waals surface area contributed by atoms with Crippen molar-refractivity contribution in [3.05, 3.63) is 47.8 Å². The second-order valence-electron chi connectivity index (χ2n) is 6.14. The number of amides is 1. The van der Waals surface area contributed by atoms with Gasteiger partial charge in [-0.25, -0.2) is 9.59 Å². The summed E-state index contributed by atoms with van der Waals surface area (Å²) in [6.07, 6.45) is 1.82. The summed E-state index contributed by atoms with van der Waals surface area (Å²) in [6, 6.07) is 7.45. The fourth-order valence-corrected chi connectivity index (χ4v) is 2.76. The molecule has 1 aromatic carbocycles. The molecule has 148 valence electrons. The molecule has 1 aliphatic rings. The molecule has 2 N–H and O–H groups in total. The third kappa shape index (κ3) is 4.25. The number of aromatic nitrogens is 1. The molecule has 0 aliphatic carbocycles. The number of ether oxygens (including phenoxy) is 4. The Morgan fingerprint density at radius 3 is 2.71 bits per heavy atom. The van der Waals surface area contributed by atoms with Gasteiger partial charge in [0.15, 0.2) is 11.9 Å². The molecule has 1 fully saturated rings. The summed E-state index contributed by atoms with van der Waals surface area (Å²) in [6.45, 7) is 0.872. The van der Waals surface area contributed by atoms with Crippen LogP contribution in [0.2, 0.25) is 0 Å². The van der Waals surface area contributed by atoms with Crippen molar-refractivity contribution in [3.8, 4) is 11.5 Å². The van der Waals surface area contributed by atoms with Crippen molar-refractivity contribution in [1.82, 2.24) is 9.88 Å². The highest BCUT2D eigenvalue weighted by atomic mass is 16.6. The number of carbonyl (C=O) groups is 2. The highest BCUT2D eigenvalue weighted by Crippen LogP contribution is 2.25. The summed E-state index contributed by atoms with van der Waals surface area (Å²) in [5.74, 6) is 0.375. The van der Waals surface area contributed by atoms with Crippen molar-refractivity contribution < 1.29 is 28.5 Å². The summed E-state index contributed by atoms with van der Waals surface area (Å²) >= 11 is 0. The molecule has 1 unspecified atom stereocenters. The normalized spacial score (nSPS) is 15.9. The summed E-state index contributed by atoms with van der Waals surface area (Å²) < 4.78 is 20.7. The monoisotopic (exact) mass is 387 g/mol. The average Bonchev–Trinajstić information content (AvgIpc) is 3.06. The average molecular weight is 387 g/mol. The molecule has 0 saturated carbocycles. The number of pyridine rings is 1. The van der Waals surface area contributed by atoms with Crippen LogP contribution in [0.5, 0.6) is 11.5 Å². The van der Waals surface area contributed by atoms with E-state index in [2.05, 4.69) is 9.72 Å². The van der Waals surface area contributed by atoms with Gasteiger partial charge in [0.2, 0.25) is 0 Å². The molecule has 1 aromatic heterocycles. The van der Waals surface area contributed by atoms with E-state index in [0.29, 0.717) is 13.1 Å². The van der Waals surface area contributed by atoms with Crippen LogP contribution in [0.25, 0.3) is 0 Å². The molecule has 0 bridgehead atoms. The second kappa shape index (κ2) is 8.47. The van der Waals surface area contributed by atoms with Crippen LogP contribution < -0.4 is 15.2 Å². The van der Waals surface area contributed by atoms with Gasteiger partial charge in [-0.15, -0.1) is 0 Å². The van der Waals surface area contributed by atoms with Gasteiger partial charge < -0.3 is 29.6 Å². The van der Waals surface area contributed by atoms with E-state index in [9.17, 15) is 9.59 Å². The standard InChI is InChI=1S/C19H21N3O6/c1-25-13-5-3-12(4-6-13)9-22-10-14(28-19(22)24)11-27-16-8-21-7-15(17(16)20)18(23)26-2/h3-8,14H,9-11H2,1-2H3,(H2,20,21). The zero-order valence-electron chi connectivity index (χ0n) is 15.6. The molecule has 2 heterocycles. The number of nitrogens with zero attached hydrogens (tertiary/aromatic N) is 2. The van der Waals surface area contributed by atoms with Crippen LogP contribution in [0.3, 0.4) is 0 Å². The molecule has 28 heavy (non-hydrogen) atoms. The topological polar surface area (TPSA) is 113 Å². The van der Waals surface area contributed by atoms with Gasteiger partial charge in [0.1, 0.15) is 17.9 Å². The number of rotatable bonds is 7. The third-order valence-electron chi connectivity index (χ3n) is 4.26. The molecular weight excluding hydrogens is 366 g/mol. The largest absolute Gasteiger partial charge is 0.497 e. The van der Waals surface area contributed by atoms with Crippen molar-refractivity contribution in [3.63, 3.8) is 0 Å².